The molecule has 0 aliphatic heterocycles. The molecule has 0 atom stereocenters. The van der Waals surface area contributed by atoms with E-state index in [0.29, 0.717) is 21.9 Å². The van der Waals surface area contributed by atoms with Gasteiger partial charge in [0.05, 0.1) is 19.1 Å². The van der Waals surface area contributed by atoms with E-state index in [-0.39, 0.29) is 12.2 Å². The van der Waals surface area contributed by atoms with E-state index in [4.69, 9.17) is 21.2 Å². The molecule has 5 nitrogen and oxygen atoms in total. The molecule has 140 valence electrons. The standard InChI is InChI=1S/C21H20ClNO4/c1-15(11-12-16-7-4-6-10-20(16)22)23-27-13-17-8-3-5-9-18(17)19(14-26-2)21(24)25/h3-12,14H,13H2,1-2H3,(H,24,25). The maximum atomic E-state index is 11.4. The number of benzene rings is 2. The first kappa shape index (κ1) is 20.3. The summed E-state index contributed by atoms with van der Waals surface area (Å²) in [6.07, 6.45) is 4.84. The molecule has 0 fully saturated rings. The fourth-order valence-corrected chi connectivity index (χ4v) is 2.51. The minimum absolute atomic E-state index is 0.0519. The predicted molar refractivity (Wildman–Crippen MR) is 107 cm³/mol. The van der Waals surface area contributed by atoms with Crippen molar-refractivity contribution < 1.29 is 19.5 Å². The highest BCUT2D eigenvalue weighted by atomic mass is 35.5. The average Bonchev–Trinajstić information content (AvgIpc) is 2.66. The van der Waals surface area contributed by atoms with Crippen LogP contribution < -0.4 is 0 Å². The van der Waals surface area contributed by atoms with E-state index < -0.39 is 5.97 Å². The molecule has 0 spiro atoms. The van der Waals surface area contributed by atoms with Gasteiger partial charge in [-0.25, -0.2) is 4.79 Å². The van der Waals surface area contributed by atoms with Gasteiger partial charge in [0, 0.05) is 10.6 Å². The lowest BCUT2D eigenvalue weighted by molar-refractivity contribution is -0.130. The lowest BCUT2D eigenvalue weighted by atomic mass is 10.0. The topological polar surface area (TPSA) is 68.1 Å². The number of allylic oxidation sites excluding steroid dienone is 1. The second-order valence-electron chi connectivity index (χ2n) is 5.59. The molecule has 6 heteroatoms. The van der Waals surface area contributed by atoms with Gasteiger partial charge in [0.2, 0.25) is 0 Å². The number of ether oxygens (including phenoxy) is 1. The van der Waals surface area contributed by atoms with Gasteiger partial charge in [0.1, 0.15) is 12.2 Å². The summed E-state index contributed by atoms with van der Waals surface area (Å²) in [5.74, 6) is -1.08. The second-order valence-corrected chi connectivity index (χ2v) is 6.00. The summed E-state index contributed by atoms with van der Waals surface area (Å²) >= 11 is 6.10. The van der Waals surface area contributed by atoms with Crippen LogP contribution in [-0.4, -0.2) is 23.9 Å². The summed E-state index contributed by atoms with van der Waals surface area (Å²) in [6, 6.07) is 14.5. The highest BCUT2D eigenvalue weighted by Gasteiger charge is 2.15. The second kappa shape index (κ2) is 10.2. The van der Waals surface area contributed by atoms with Gasteiger partial charge in [-0.1, -0.05) is 65.3 Å². The minimum Gasteiger partial charge on any atom is -0.503 e. The molecule has 0 unspecified atom stereocenters. The molecule has 27 heavy (non-hydrogen) atoms. The SMILES string of the molecule is COC=C(C(=O)O)c1ccccc1CON=C(C)C=Cc1ccccc1Cl. The Kier molecular flexibility index (Phi) is 7.64. The van der Waals surface area contributed by atoms with E-state index >= 15 is 0 Å². The third kappa shape index (κ3) is 6.01. The lowest BCUT2D eigenvalue weighted by Gasteiger charge is -2.09. The predicted octanol–water partition coefficient (Wildman–Crippen LogP) is 5.02. The molecule has 2 aromatic carbocycles. The van der Waals surface area contributed by atoms with Crippen molar-refractivity contribution in [2.45, 2.75) is 13.5 Å². The normalized spacial score (nSPS) is 12.3. The number of carboxylic acid groups (broad SMARTS) is 1. The van der Waals surface area contributed by atoms with Crippen LogP contribution in [0.2, 0.25) is 5.02 Å². The van der Waals surface area contributed by atoms with Gasteiger partial charge in [-0.05, 0) is 30.2 Å². The summed E-state index contributed by atoms with van der Waals surface area (Å²) < 4.78 is 4.87. The molecule has 0 heterocycles. The fraction of sp³-hybridized carbons (Fsp3) is 0.143. The van der Waals surface area contributed by atoms with Crippen molar-refractivity contribution in [1.82, 2.24) is 0 Å². The molecule has 0 aliphatic carbocycles. The fourth-order valence-electron chi connectivity index (χ4n) is 2.31. The van der Waals surface area contributed by atoms with E-state index in [0.717, 1.165) is 5.56 Å². The Labute approximate surface area is 163 Å². The van der Waals surface area contributed by atoms with Crippen molar-refractivity contribution in [3.8, 4) is 0 Å². The van der Waals surface area contributed by atoms with Crippen LogP contribution in [0.3, 0.4) is 0 Å². The Morgan fingerprint density at radius 2 is 1.89 bits per heavy atom. The van der Waals surface area contributed by atoms with Crippen molar-refractivity contribution in [3.63, 3.8) is 0 Å². The zero-order valence-electron chi connectivity index (χ0n) is 15.1. The van der Waals surface area contributed by atoms with Crippen molar-refractivity contribution in [2.24, 2.45) is 5.16 Å². The molecule has 0 saturated carbocycles. The number of nitrogens with zero attached hydrogens (tertiary/aromatic N) is 1. The van der Waals surface area contributed by atoms with Crippen LogP contribution in [0, 0.1) is 0 Å². The Balaban J connectivity index is 2.09. The van der Waals surface area contributed by atoms with Gasteiger partial charge < -0.3 is 14.7 Å². The molecule has 0 aliphatic rings. The molecule has 1 N–H and O–H groups in total. The number of halogens is 1. The van der Waals surface area contributed by atoms with Crippen molar-refractivity contribution in [2.75, 3.05) is 7.11 Å². The van der Waals surface area contributed by atoms with Crippen molar-refractivity contribution >= 4 is 34.9 Å². The lowest BCUT2D eigenvalue weighted by Crippen LogP contribution is -2.04. The zero-order chi connectivity index (χ0) is 19.6. The Morgan fingerprint density at radius 3 is 2.59 bits per heavy atom. The first-order valence-electron chi connectivity index (χ1n) is 8.16. The number of oxime groups is 1. The minimum atomic E-state index is -1.08. The maximum absolute atomic E-state index is 11.4. The maximum Gasteiger partial charge on any atom is 0.339 e. The highest BCUT2D eigenvalue weighted by molar-refractivity contribution is 6.32. The van der Waals surface area contributed by atoms with E-state index in [1.54, 1.807) is 31.2 Å². The van der Waals surface area contributed by atoms with Crippen molar-refractivity contribution in [3.05, 3.63) is 82.6 Å². The molecule has 0 saturated heterocycles. The summed E-state index contributed by atoms with van der Waals surface area (Å²) in [7, 11) is 1.40. The van der Waals surface area contributed by atoms with Gasteiger partial charge in [0.25, 0.3) is 0 Å². The first-order chi connectivity index (χ1) is 13.0. The van der Waals surface area contributed by atoms with Gasteiger partial charge in [0.15, 0.2) is 0 Å². The molecule has 0 aromatic heterocycles. The van der Waals surface area contributed by atoms with Crippen LogP contribution >= 0.6 is 11.6 Å². The molecule has 0 amide bonds. The third-order valence-corrected chi connectivity index (χ3v) is 3.96. The zero-order valence-corrected chi connectivity index (χ0v) is 15.8. The van der Waals surface area contributed by atoms with Crippen LogP contribution in [0.5, 0.6) is 0 Å². The monoisotopic (exact) mass is 385 g/mol. The van der Waals surface area contributed by atoms with E-state index in [1.165, 1.54) is 13.4 Å². The van der Waals surface area contributed by atoms with Gasteiger partial charge in [-0.3, -0.25) is 0 Å². The Morgan fingerprint density at radius 1 is 1.19 bits per heavy atom. The molecule has 0 radical (unpaired) electrons. The van der Waals surface area contributed by atoms with E-state index in [9.17, 15) is 9.90 Å². The van der Waals surface area contributed by atoms with Gasteiger partial charge >= 0.3 is 5.97 Å². The van der Waals surface area contributed by atoms with Crippen LogP contribution in [0.25, 0.3) is 11.6 Å². The number of methoxy groups -OCH3 is 1. The van der Waals surface area contributed by atoms with Crippen LogP contribution in [0.1, 0.15) is 23.6 Å². The van der Waals surface area contributed by atoms with E-state index in [2.05, 4.69) is 5.16 Å². The molecule has 2 aromatic rings. The number of hydrogen-bond acceptors (Lipinski definition) is 4. The summed E-state index contributed by atoms with van der Waals surface area (Å²) in [5.41, 5.74) is 2.80. The number of rotatable bonds is 8. The highest BCUT2D eigenvalue weighted by Crippen LogP contribution is 2.21. The molecule has 2 rings (SSSR count). The summed E-state index contributed by atoms with van der Waals surface area (Å²) in [4.78, 5) is 16.8. The molecular formula is C21H20ClNO4. The number of carboxylic acids is 1. The smallest absolute Gasteiger partial charge is 0.339 e. The largest absolute Gasteiger partial charge is 0.503 e. The number of aliphatic carboxylic acids is 1. The van der Waals surface area contributed by atoms with Gasteiger partial charge in [-0.15, -0.1) is 0 Å². The average molecular weight is 386 g/mol. The summed E-state index contributed by atoms with van der Waals surface area (Å²) in [6.45, 7) is 1.93. The molecular weight excluding hydrogens is 366 g/mol. The van der Waals surface area contributed by atoms with Crippen LogP contribution in [0.4, 0.5) is 0 Å². The first-order valence-corrected chi connectivity index (χ1v) is 8.54. The third-order valence-electron chi connectivity index (χ3n) is 3.61. The number of hydrogen-bond donors (Lipinski definition) is 1. The quantitative estimate of drug-likeness (QED) is 0.300. The van der Waals surface area contributed by atoms with Gasteiger partial charge in [-0.2, -0.15) is 0 Å². The van der Waals surface area contributed by atoms with Crippen LogP contribution in [-0.2, 0) is 21.0 Å². The summed E-state index contributed by atoms with van der Waals surface area (Å²) in [5, 5.41) is 14.1. The van der Waals surface area contributed by atoms with E-state index in [1.807, 2.05) is 36.4 Å². The number of carbonyl (C=O) groups is 1. The Hall–Kier alpha value is -3.05. The Bertz CT molecular complexity index is 887. The molecule has 0 bridgehead atoms. The van der Waals surface area contributed by atoms with Crippen LogP contribution in [0.15, 0.2) is 66.0 Å². The van der Waals surface area contributed by atoms with Crippen molar-refractivity contribution in [1.29, 1.82) is 0 Å².